The van der Waals surface area contributed by atoms with Gasteiger partial charge in [0.05, 0.1) is 14.2 Å². The van der Waals surface area contributed by atoms with Crippen LogP contribution in [-0.2, 0) is 0 Å². The molecule has 1 aromatic carbocycles. The number of rotatable bonds is 7. The molecule has 0 aromatic heterocycles. The molecule has 118 valence electrons. The molecule has 1 atom stereocenters. The van der Waals surface area contributed by atoms with Crippen LogP contribution in [0.15, 0.2) is 18.2 Å². The first-order chi connectivity index (χ1) is 10.2. The van der Waals surface area contributed by atoms with Crippen LogP contribution in [0.5, 0.6) is 11.5 Å². The van der Waals surface area contributed by atoms with E-state index in [1.165, 1.54) is 25.7 Å². The maximum absolute atomic E-state index is 6.04. The fraction of sp³-hybridized carbons (Fsp3) is 0.647. The Morgan fingerprint density at radius 3 is 2.19 bits per heavy atom. The first kappa shape index (κ1) is 16.1. The van der Waals surface area contributed by atoms with E-state index in [2.05, 4.69) is 24.1 Å². The van der Waals surface area contributed by atoms with Crippen molar-refractivity contribution < 1.29 is 9.47 Å². The molecule has 0 heterocycles. The largest absolute Gasteiger partial charge is 0.497 e. The quantitative estimate of drug-likeness (QED) is 0.839. The van der Waals surface area contributed by atoms with E-state index in [0.717, 1.165) is 29.5 Å². The molecule has 0 aliphatic heterocycles. The molecule has 1 aromatic rings. The van der Waals surface area contributed by atoms with Crippen LogP contribution in [0.25, 0.3) is 0 Å². The minimum atomic E-state index is 0.203. The highest BCUT2D eigenvalue weighted by Crippen LogP contribution is 2.31. The van der Waals surface area contributed by atoms with Crippen molar-refractivity contribution in [2.45, 2.75) is 31.7 Å². The number of methoxy groups -OCH3 is 2. The smallest absolute Gasteiger partial charge is 0.122 e. The molecule has 1 unspecified atom stereocenters. The van der Waals surface area contributed by atoms with Crippen molar-refractivity contribution >= 4 is 0 Å². The van der Waals surface area contributed by atoms with E-state index in [9.17, 15) is 0 Å². The van der Waals surface area contributed by atoms with Gasteiger partial charge in [0.25, 0.3) is 0 Å². The van der Waals surface area contributed by atoms with Gasteiger partial charge in [0, 0.05) is 25.2 Å². The number of hydrogen-bond acceptors (Lipinski definition) is 4. The van der Waals surface area contributed by atoms with Crippen LogP contribution in [0.4, 0.5) is 0 Å². The maximum atomic E-state index is 6.04. The monoisotopic (exact) mass is 292 g/mol. The zero-order chi connectivity index (χ0) is 15.2. The summed E-state index contributed by atoms with van der Waals surface area (Å²) in [5, 5.41) is 0. The van der Waals surface area contributed by atoms with Crippen LogP contribution < -0.4 is 15.2 Å². The average molecular weight is 292 g/mol. The summed E-state index contributed by atoms with van der Waals surface area (Å²) in [7, 11) is 5.53. The Labute approximate surface area is 128 Å². The van der Waals surface area contributed by atoms with Gasteiger partial charge in [-0.3, -0.25) is 4.90 Å². The molecule has 0 radical (unpaired) electrons. The highest BCUT2D eigenvalue weighted by Gasteiger charge is 2.22. The zero-order valence-corrected chi connectivity index (χ0v) is 13.5. The topological polar surface area (TPSA) is 47.7 Å². The van der Waals surface area contributed by atoms with Crippen molar-refractivity contribution in [3.05, 3.63) is 23.8 Å². The van der Waals surface area contributed by atoms with Crippen LogP contribution >= 0.6 is 0 Å². The second kappa shape index (κ2) is 7.66. The molecule has 4 heteroatoms. The van der Waals surface area contributed by atoms with Gasteiger partial charge in [-0.2, -0.15) is 0 Å². The maximum Gasteiger partial charge on any atom is 0.122 e. The van der Waals surface area contributed by atoms with Crippen LogP contribution in [0.1, 0.15) is 37.3 Å². The minimum absolute atomic E-state index is 0.203. The summed E-state index contributed by atoms with van der Waals surface area (Å²) < 4.78 is 10.7. The molecule has 2 N–H and O–H groups in total. The van der Waals surface area contributed by atoms with Gasteiger partial charge in [0.1, 0.15) is 11.5 Å². The molecule has 1 aliphatic rings. The number of hydrogen-bond donors (Lipinski definition) is 1. The lowest BCUT2D eigenvalue weighted by Crippen LogP contribution is -2.33. The van der Waals surface area contributed by atoms with Crippen molar-refractivity contribution in [1.29, 1.82) is 0 Å². The van der Waals surface area contributed by atoms with Crippen molar-refractivity contribution in [3.63, 3.8) is 0 Å². The SMILES string of the molecule is COc1cc(OC)cc(C(CN)N(C)CC2CCCC2)c1. The van der Waals surface area contributed by atoms with Crippen LogP contribution in [-0.4, -0.2) is 39.3 Å². The second-order valence-corrected chi connectivity index (χ2v) is 5.99. The predicted octanol–water partition coefficient (Wildman–Crippen LogP) is 2.83. The van der Waals surface area contributed by atoms with E-state index in [1.54, 1.807) is 14.2 Å². The van der Waals surface area contributed by atoms with Gasteiger partial charge in [0.15, 0.2) is 0 Å². The summed E-state index contributed by atoms with van der Waals surface area (Å²) in [5.41, 5.74) is 7.20. The molecular formula is C17H28N2O2. The Morgan fingerprint density at radius 1 is 1.14 bits per heavy atom. The number of nitrogens with two attached hydrogens (primary N) is 1. The Kier molecular flexibility index (Phi) is 5.88. The summed E-state index contributed by atoms with van der Waals surface area (Å²) >= 11 is 0. The highest BCUT2D eigenvalue weighted by atomic mass is 16.5. The van der Waals surface area contributed by atoms with E-state index in [4.69, 9.17) is 15.2 Å². The Hall–Kier alpha value is -1.26. The Bertz CT molecular complexity index is 422. The first-order valence-corrected chi connectivity index (χ1v) is 7.81. The number of benzene rings is 1. The average Bonchev–Trinajstić information content (AvgIpc) is 3.00. The Balaban J connectivity index is 2.14. The second-order valence-electron chi connectivity index (χ2n) is 5.99. The summed E-state index contributed by atoms with van der Waals surface area (Å²) in [6.07, 6.45) is 5.45. The molecule has 0 amide bonds. The van der Waals surface area contributed by atoms with Gasteiger partial charge in [-0.1, -0.05) is 12.8 Å². The highest BCUT2D eigenvalue weighted by molar-refractivity contribution is 5.40. The molecule has 4 nitrogen and oxygen atoms in total. The molecule has 0 bridgehead atoms. The molecule has 1 saturated carbocycles. The molecular weight excluding hydrogens is 264 g/mol. The summed E-state index contributed by atoms with van der Waals surface area (Å²) in [5.74, 6) is 2.45. The molecule has 21 heavy (non-hydrogen) atoms. The zero-order valence-electron chi connectivity index (χ0n) is 13.5. The molecule has 1 fully saturated rings. The van der Waals surface area contributed by atoms with Crippen molar-refractivity contribution in [3.8, 4) is 11.5 Å². The number of nitrogens with zero attached hydrogens (tertiary/aromatic N) is 1. The fourth-order valence-corrected chi connectivity index (χ4v) is 3.32. The molecule has 0 saturated heterocycles. The summed E-state index contributed by atoms with van der Waals surface area (Å²) in [6, 6.07) is 6.22. The standard InChI is InChI=1S/C17H28N2O2/c1-19(12-13-6-4-5-7-13)17(11-18)14-8-15(20-2)10-16(9-14)21-3/h8-10,13,17H,4-7,11-12,18H2,1-3H3. The molecule has 0 spiro atoms. The van der Waals surface area contributed by atoms with E-state index >= 15 is 0 Å². The van der Waals surface area contributed by atoms with Crippen molar-refractivity contribution in [1.82, 2.24) is 4.90 Å². The third-order valence-corrected chi connectivity index (χ3v) is 4.53. The van der Waals surface area contributed by atoms with Gasteiger partial charge < -0.3 is 15.2 Å². The predicted molar refractivity (Wildman–Crippen MR) is 85.9 cm³/mol. The summed E-state index contributed by atoms with van der Waals surface area (Å²) in [4.78, 5) is 2.38. The van der Waals surface area contributed by atoms with Crippen LogP contribution in [0.2, 0.25) is 0 Å². The van der Waals surface area contributed by atoms with Gasteiger partial charge in [0.2, 0.25) is 0 Å². The molecule has 2 rings (SSSR count). The van der Waals surface area contributed by atoms with Gasteiger partial charge in [-0.05, 0) is 43.5 Å². The van der Waals surface area contributed by atoms with E-state index in [0.29, 0.717) is 6.54 Å². The van der Waals surface area contributed by atoms with Gasteiger partial charge in [-0.25, -0.2) is 0 Å². The third-order valence-electron chi connectivity index (χ3n) is 4.53. The lowest BCUT2D eigenvalue weighted by atomic mass is 10.0. The van der Waals surface area contributed by atoms with E-state index in [-0.39, 0.29) is 6.04 Å². The number of likely N-dealkylation sites (N-methyl/N-ethyl adjacent to an activating group) is 1. The molecule has 1 aliphatic carbocycles. The minimum Gasteiger partial charge on any atom is -0.497 e. The van der Waals surface area contributed by atoms with Crippen molar-refractivity contribution in [2.24, 2.45) is 11.7 Å². The van der Waals surface area contributed by atoms with Crippen LogP contribution in [0.3, 0.4) is 0 Å². The first-order valence-electron chi connectivity index (χ1n) is 7.81. The Morgan fingerprint density at radius 2 is 1.71 bits per heavy atom. The summed E-state index contributed by atoms with van der Waals surface area (Å²) in [6.45, 7) is 1.71. The van der Waals surface area contributed by atoms with Crippen molar-refractivity contribution in [2.75, 3.05) is 34.4 Å². The lowest BCUT2D eigenvalue weighted by Gasteiger charge is -2.30. The third kappa shape index (κ3) is 4.11. The number of ether oxygens (including phenoxy) is 2. The van der Waals surface area contributed by atoms with Gasteiger partial charge in [-0.15, -0.1) is 0 Å². The normalized spacial score (nSPS) is 17.2. The lowest BCUT2D eigenvalue weighted by molar-refractivity contribution is 0.212. The van der Waals surface area contributed by atoms with Gasteiger partial charge >= 0.3 is 0 Å². The van der Waals surface area contributed by atoms with E-state index < -0.39 is 0 Å². The van der Waals surface area contributed by atoms with Crippen LogP contribution in [0, 0.1) is 5.92 Å². The van der Waals surface area contributed by atoms with E-state index in [1.807, 2.05) is 6.07 Å². The fourth-order valence-electron chi connectivity index (χ4n) is 3.32.